The summed E-state index contributed by atoms with van der Waals surface area (Å²) in [7, 11) is 4.16. The molecule has 0 atom stereocenters. The Morgan fingerprint density at radius 2 is 1.29 bits per heavy atom. The van der Waals surface area contributed by atoms with E-state index in [9.17, 15) is 4.79 Å². The molecular formula is C33H53N3O2. The minimum atomic E-state index is 0.113. The van der Waals surface area contributed by atoms with Crippen LogP contribution < -0.4 is 4.74 Å². The van der Waals surface area contributed by atoms with E-state index in [2.05, 4.69) is 68.9 Å². The van der Waals surface area contributed by atoms with Crippen molar-refractivity contribution in [1.82, 2.24) is 14.7 Å². The van der Waals surface area contributed by atoms with Crippen LogP contribution in [0.15, 0.2) is 48.5 Å². The van der Waals surface area contributed by atoms with Crippen molar-refractivity contribution in [3.05, 3.63) is 65.2 Å². The second-order valence-corrected chi connectivity index (χ2v) is 10.7. The summed E-state index contributed by atoms with van der Waals surface area (Å²) in [6.45, 7) is 12.9. The van der Waals surface area contributed by atoms with Gasteiger partial charge in [0, 0.05) is 31.7 Å². The summed E-state index contributed by atoms with van der Waals surface area (Å²) in [6, 6.07) is 16.5. The average molecular weight is 524 g/mol. The molecule has 0 saturated carbocycles. The highest BCUT2D eigenvalue weighted by Crippen LogP contribution is 2.17. The molecule has 0 unspecified atom stereocenters. The molecule has 0 saturated heterocycles. The van der Waals surface area contributed by atoms with E-state index >= 15 is 0 Å². The van der Waals surface area contributed by atoms with Crippen LogP contribution in [0.4, 0.5) is 0 Å². The number of carbonyl (C=O) groups excluding carboxylic acids is 1. The Kier molecular flexibility index (Phi) is 15.8. The van der Waals surface area contributed by atoms with Crippen molar-refractivity contribution in [1.29, 1.82) is 0 Å². The SMILES string of the molecule is CCCCc1ccc(C(=O)N(CCN(CCCC)CCCC)Cc2ccc(OCCCN(C)C)cc2)cc1. The molecular weight excluding hydrogens is 470 g/mol. The van der Waals surface area contributed by atoms with Gasteiger partial charge in [0.15, 0.2) is 0 Å². The van der Waals surface area contributed by atoms with Gasteiger partial charge in [-0.25, -0.2) is 0 Å². The van der Waals surface area contributed by atoms with Crippen LogP contribution in [0.5, 0.6) is 5.75 Å². The normalized spacial score (nSPS) is 11.3. The van der Waals surface area contributed by atoms with Crippen LogP contribution in [0, 0.1) is 0 Å². The van der Waals surface area contributed by atoms with Gasteiger partial charge in [-0.1, -0.05) is 64.3 Å². The fraction of sp³-hybridized carbons (Fsp3) is 0.606. The maximum atomic E-state index is 13.7. The third kappa shape index (κ3) is 12.4. The number of rotatable bonds is 20. The van der Waals surface area contributed by atoms with Crippen molar-refractivity contribution in [2.24, 2.45) is 0 Å². The number of unbranched alkanes of at least 4 members (excludes halogenated alkanes) is 3. The Balaban J connectivity index is 2.10. The first-order chi connectivity index (χ1) is 18.5. The fourth-order valence-electron chi connectivity index (χ4n) is 4.47. The minimum absolute atomic E-state index is 0.113. The Labute approximate surface area is 233 Å². The van der Waals surface area contributed by atoms with E-state index < -0.39 is 0 Å². The van der Waals surface area contributed by atoms with E-state index in [1.54, 1.807) is 0 Å². The van der Waals surface area contributed by atoms with Gasteiger partial charge in [-0.3, -0.25) is 4.79 Å². The van der Waals surface area contributed by atoms with Crippen molar-refractivity contribution in [3.63, 3.8) is 0 Å². The van der Waals surface area contributed by atoms with Crippen LogP contribution in [0.25, 0.3) is 0 Å². The zero-order chi connectivity index (χ0) is 27.6. The Morgan fingerprint density at radius 3 is 1.87 bits per heavy atom. The van der Waals surface area contributed by atoms with E-state index in [0.29, 0.717) is 13.2 Å². The van der Waals surface area contributed by atoms with Gasteiger partial charge in [-0.05, 0) is 94.7 Å². The molecule has 0 aliphatic carbocycles. The molecule has 5 heteroatoms. The third-order valence-corrected chi connectivity index (χ3v) is 6.96. The lowest BCUT2D eigenvalue weighted by atomic mass is 10.1. The van der Waals surface area contributed by atoms with Crippen molar-refractivity contribution < 1.29 is 9.53 Å². The van der Waals surface area contributed by atoms with Gasteiger partial charge in [-0.15, -0.1) is 0 Å². The molecule has 0 aromatic heterocycles. The van der Waals surface area contributed by atoms with Gasteiger partial charge in [0.05, 0.1) is 6.61 Å². The number of benzene rings is 2. The van der Waals surface area contributed by atoms with Crippen molar-refractivity contribution in [2.75, 3.05) is 53.4 Å². The van der Waals surface area contributed by atoms with Crippen molar-refractivity contribution >= 4 is 5.91 Å². The Bertz CT molecular complexity index is 872. The van der Waals surface area contributed by atoms with Gasteiger partial charge < -0.3 is 19.4 Å². The first kappa shape index (κ1) is 31.8. The zero-order valence-corrected chi connectivity index (χ0v) is 24.9. The Morgan fingerprint density at radius 1 is 0.684 bits per heavy atom. The van der Waals surface area contributed by atoms with E-state index in [0.717, 1.165) is 62.4 Å². The summed E-state index contributed by atoms with van der Waals surface area (Å²) < 4.78 is 5.91. The van der Waals surface area contributed by atoms with Gasteiger partial charge in [0.2, 0.25) is 0 Å². The number of aryl methyl sites for hydroxylation is 1. The maximum absolute atomic E-state index is 13.7. The van der Waals surface area contributed by atoms with Crippen LogP contribution in [0.2, 0.25) is 0 Å². The third-order valence-electron chi connectivity index (χ3n) is 6.96. The van der Waals surface area contributed by atoms with Crippen LogP contribution in [-0.4, -0.2) is 74.0 Å². The highest BCUT2D eigenvalue weighted by Gasteiger charge is 2.18. The molecule has 0 N–H and O–H groups in total. The van der Waals surface area contributed by atoms with Crippen molar-refractivity contribution in [2.45, 2.75) is 78.7 Å². The smallest absolute Gasteiger partial charge is 0.254 e. The summed E-state index contributed by atoms with van der Waals surface area (Å²) in [4.78, 5) is 20.4. The van der Waals surface area contributed by atoms with E-state index in [1.807, 2.05) is 29.2 Å². The molecule has 0 heterocycles. The minimum Gasteiger partial charge on any atom is -0.494 e. The molecule has 2 aromatic rings. The van der Waals surface area contributed by atoms with Crippen LogP contribution in [-0.2, 0) is 13.0 Å². The topological polar surface area (TPSA) is 36.0 Å². The monoisotopic (exact) mass is 523 g/mol. The summed E-state index contributed by atoms with van der Waals surface area (Å²) >= 11 is 0. The second-order valence-electron chi connectivity index (χ2n) is 10.7. The molecule has 0 aliphatic rings. The number of hydrogen-bond acceptors (Lipinski definition) is 4. The quantitative estimate of drug-likeness (QED) is 0.177. The molecule has 2 aromatic carbocycles. The van der Waals surface area contributed by atoms with Crippen molar-refractivity contribution in [3.8, 4) is 5.75 Å². The zero-order valence-electron chi connectivity index (χ0n) is 24.9. The predicted molar refractivity (Wildman–Crippen MR) is 161 cm³/mol. The van der Waals surface area contributed by atoms with Crippen LogP contribution in [0.1, 0.15) is 87.2 Å². The molecule has 1 amide bonds. The summed E-state index contributed by atoms with van der Waals surface area (Å²) in [5, 5.41) is 0. The van der Waals surface area contributed by atoms with E-state index in [4.69, 9.17) is 4.74 Å². The molecule has 212 valence electrons. The maximum Gasteiger partial charge on any atom is 0.254 e. The van der Waals surface area contributed by atoms with Gasteiger partial charge >= 0.3 is 0 Å². The molecule has 2 rings (SSSR count). The predicted octanol–water partition coefficient (Wildman–Crippen LogP) is 6.90. The van der Waals surface area contributed by atoms with Gasteiger partial charge in [0.25, 0.3) is 5.91 Å². The van der Waals surface area contributed by atoms with Gasteiger partial charge in [0.1, 0.15) is 5.75 Å². The highest BCUT2D eigenvalue weighted by atomic mass is 16.5. The number of carbonyl (C=O) groups is 1. The van der Waals surface area contributed by atoms with Crippen LogP contribution >= 0.6 is 0 Å². The highest BCUT2D eigenvalue weighted by molar-refractivity contribution is 5.94. The summed E-state index contributed by atoms with van der Waals surface area (Å²) in [6.07, 6.45) is 9.22. The number of ether oxygens (including phenoxy) is 1. The lowest BCUT2D eigenvalue weighted by molar-refractivity contribution is 0.0720. The lowest BCUT2D eigenvalue weighted by Crippen LogP contribution is -2.39. The molecule has 38 heavy (non-hydrogen) atoms. The first-order valence-corrected chi connectivity index (χ1v) is 14.9. The first-order valence-electron chi connectivity index (χ1n) is 14.9. The largest absolute Gasteiger partial charge is 0.494 e. The molecule has 0 fully saturated rings. The summed E-state index contributed by atoms with van der Waals surface area (Å²) in [5.41, 5.74) is 3.22. The second kappa shape index (κ2) is 18.8. The molecule has 0 aliphatic heterocycles. The standard InChI is InChI=1S/C33H53N3O2/c1-6-9-13-29-14-18-31(19-15-29)33(37)36(26-25-35(23-10-7-2)24-11-8-3)28-30-16-20-32(21-17-30)38-27-12-22-34(4)5/h14-21H,6-13,22-28H2,1-5H3. The van der Waals surface area contributed by atoms with E-state index in [-0.39, 0.29) is 5.91 Å². The van der Waals surface area contributed by atoms with Crippen LogP contribution in [0.3, 0.4) is 0 Å². The summed E-state index contributed by atoms with van der Waals surface area (Å²) in [5.74, 6) is 1.00. The Hall–Kier alpha value is -2.37. The number of hydrogen-bond donors (Lipinski definition) is 0. The fourth-order valence-corrected chi connectivity index (χ4v) is 4.47. The number of nitrogens with zero attached hydrogens (tertiary/aromatic N) is 3. The molecule has 0 radical (unpaired) electrons. The number of amides is 1. The molecule has 0 bridgehead atoms. The average Bonchev–Trinajstić information content (AvgIpc) is 2.93. The van der Waals surface area contributed by atoms with E-state index in [1.165, 1.54) is 44.1 Å². The molecule has 5 nitrogen and oxygen atoms in total. The molecule has 0 spiro atoms. The lowest BCUT2D eigenvalue weighted by Gasteiger charge is -2.28. The van der Waals surface area contributed by atoms with Gasteiger partial charge in [-0.2, -0.15) is 0 Å².